The third-order valence-corrected chi connectivity index (χ3v) is 5.55. The Kier molecular flexibility index (Phi) is 4.84. The molecule has 0 radical (unpaired) electrons. The molecule has 1 aliphatic heterocycles. The third-order valence-electron chi connectivity index (χ3n) is 4.25. The van der Waals surface area contributed by atoms with Gasteiger partial charge in [-0.3, -0.25) is 4.79 Å². The van der Waals surface area contributed by atoms with E-state index in [2.05, 4.69) is 0 Å². The van der Waals surface area contributed by atoms with Gasteiger partial charge in [-0.1, -0.05) is 19.3 Å². The van der Waals surface area contributed by atoms with Gasteiger partial charge >= 0.3 is 0 Å². The van der Waals surface area contributed by atoms with Crippen LogP contribution in [-0.4, -0.2) is 56.0 Å². The quantitative estimate of drug-likeness (QED) is 0.780. The Morgan fingerprint density at radius 1 is 1.05 bits per heavy atom. The summed E-state index contributed by atoms with van der Waals surface area (Å²) in [6.07, 6.45) is 8.03. The molecule has 0 bridgehead atoms. The zero-order valence-corrected chi connectivity index (χ0v) is 12.5. The van der Waals surface area contributed by atoms with Gasteiger partial charge in [-0.15, -0.1) is 0 Å². The van der Waals surface area contributed by atoms with Gasteiger partial charge in [-0.25, -0.2) is 8.42 Å². The first kappa shape index (κ1) is 14.8. The molecule has 1 aliphatic carbocycles. The van der Waals surface area contributed by atoms with Crippen LogP contribution in [-0.2, 0) is 14.8 Å². The minimum Gasteiger partial charge on any atom is -0.340 e. The minimum absolute atomic E-state index is 0.208. The van der Waals surface area contributed by atoms with E-state index in [4.69, 9.17) is 0 Å². The monoisotopic (exact) mass is 288 g/mol. The molecule has 0 spiro atoms. The summed E-state index contributed by atoms with van der Waals surface area (Å²) < 4.78 is 24.3. The van der Waals surface area contributed by atoms with Crippen LogP contribution in [0.15, 0.2) is 0 Å². The van der Waals surface area contributed by atoms with E-state index in [1.54, 1.807) is 0 Å². The lowest BCUT2D eigenvalue weighted by Crippen LogP contribution is -2.50. The SMILES string of the molecule is CS(=O)(=O)N1CCN(C(=O)CC2CCCCC2)CC1. The standard InChI is InChI=1S/C13H24N2O3S/c1-19(17,18)15-9-7-14(8-10-15)13(16)11-12-5-3-2-4-6-12/h12H,2-11H2,1H3. The lowest BCUT2D eigenvalue weighted by molar-refractivity contribution is -0.133. The van der Waals surface area contributed by atoms with E-state index in [0.717, 1.165) is 0 Å². The molecule has 6 heteroatoms. The highest BCUT2D eigenvalue weighted by Crippen LogP contribution is 2.27. The molecule has 5 nitrogen and oxygen atoms in total. The second-order valence-electron chi connectivity index (χ2n) is 5.75. The predicted molar refractivity (Wildman–Crippen MR) is 74.2 cm³/mol. The molecule has 1 heterocycles. The lowest BCUT2D eigenvalue weighted by atomic mass is 9.86. The maximum atomic E-state index is 12.2. The molecule has 2 aliphatic rings. The van der Waals surface area contributed by atoms with Crippen molar-refractivity contribution in [3.05, 3.63) is 0 Å². The van der Waals surface area contributed by atoms with Crippen LogP contribution in [0.3, 0.4) is 0 Å². The molecule has 1 saturated heterocycles. The first-order valence-electron chi connectivity index (χ1n) is 7.20. The summed E-state index contributed by atoms with van der Waals surface area (Å²) in [6, 6.07) is 0. The molecule has 0 aromatic carbocycles. The first-order chi connectivity index (χ1) is 8.97. The van der Waals surface area contributed by atoms with Gasteiger partial charge in [0, 0.05) is 32.6 Å². The van der Waals surface area contributed by atoms with Crippen molar-refractivity contribution in [2.75, 3.05) is 32.4 Å². The number of sulfonamides is 1. The zero-order chi connectivity index (χ0) is 13.9. The number of rotatable bonds is 3. The highest BCUT2D eigenvalue weighted by Gasteiger charge is 2.27. The van der Waals surface area contributed by atoms with Crippen molar-refractivity contribution >= 4 is 15.9 Å². The van der Waals surface area contributed by atoms with Crippen LogP contribution in [0, 0.1) is 5.92 Å². The Bertz CT molecular complexity index is 408. The summed E-state index contributed by atoms with van der Waals surface area (Å²) in [4.78, 5) is 14.0. The fourth-order valence-corrected chi connectivity index (χ4v) is 3.86. The fourth-order valence-electron chi connectivity index (χ4n) is 3.04. The van der Waals surface area contributed by atoms with E-state index in [0.29, 0.717) is 38.5 Å². The highest BCUT2D eigenvalue weighted by molar-refractivity contribution is 7.88. The van der Waals surface area contributed by atoms with Crippen molar-refractivity contribution in [3.8, 4) is 0 Å². The molecule has 2 fully saturated rings. The van der Waals surface area contributed by atoms with E-state index in [9.17, 15) is 13.2 Å². The van der Waals surface area contributed by atoms with Gasteiger partial charge in [0.25, 0.3) is 0 Å². The molecule has 0 N–H and O–H groups in total. The van der Waals surface area contributed by atoms with Crippen molar-refractivity contribution in [2.24, 2.45) is 5.92 Å². The van der Waals surface area contributed by atoms with Gasteiger partial charge in [-0.05, 0) is 18.8 Å². The predicted octanol–water partition coefficient (Wildman–Crippen LogP) is 1.06. The second-order valence-corrected chi connectivity index (χ2v) is 7.73. The Hall–Kier alpha value is -0.620. The molecular weight excluding hydrogens is 264 g/mol. The van der Waals surface area contributed by atoms with E-state index in [1.807, 2.05) is 4.90 Å². The number of piperazine rings is 1. The normalized spacial score (nSPS) is 23.5. The molecule has 19 heavy (non-hydrogen) atoms. The number of carbonyl (C=O) groups is 1. The number of carbonyl (C=O) groups excluding carboxylic acids is 1. The first-order valence-corrected chi connectivity index (χ1v) is 9.04. The summed E-state index contributed by atoms with van der Waals surface area (Å²) in [5.41, 5.74) is 0. The molecule has 2 rings (SSSR count). The van der Waals surface area contributed by atoms with Crippen LogP contribution in [0.5, 0.6) is 0 Å². The number of nitrogens with zero attached hydrogens (tertiary/aromatic N) is 2. The molecule has 110 valence electrons. The highest BCUT2D eigenvalue weighted by atomic mass is 32.2. The van der Waals surface area contributed by atoms with Crippen LogP contribution in [0.1, 0.15) is 38.5 Å². The lowest BCUT2D eigenvalue weighted by Gasteiger charge is -2.34. The zero-order valence-electron chi connectivity index (χ0n) is 11.7. The second kappa shape index (κ2) is 6.22. The van der Waals surface area contributed by atoms with Crippen LogP contribution < -0.4 is 0 Å². The van der Waals surface area contributed by atoms with Crippen LogP contribution in [0.25, 0.3) is 0 Å². The number of hydrogen-bond donors (Lipinski definition) is 0. The third kappa shape index (κ3) is 4.18. The Balaban J connectivity index is 1.79. The van der Waals surface area contributed by atoms with Gasteiger partial charge in [0.2, 0.25) is 15.9 Å². The molecule has 1 amide bonds. The average molecular weight is 288 g/mol. The maximum absolute atomic E-state index is 12.2. The number of hydrogen-bond acceptors (Lipinski definition) is 3. The maximum Gasteiger partial charge on any atom is 0.222 e. The summed E-state index contributed by atoms with van der Waals surface area (Å²) in [5.74, 6) is 0.759. The molecule has 1 saturated carbocycles. The minimum atomic E-state index is -3.11. The van der Waals surface area contributed by atoms with Gasteiger partial charge in [0.05, 0.1) is 6.26 Å². The van der Waals surface area contributed by atoms with E-state index >= 15 is 0 Å². The van der Waals surface area contributed by atoms with Crippen molar-refractivity contribution in [1.82, 2.24) is 9.21 Å². The van der Waals surface area contributed by atoms with Gasteiger partial charge < -0.3 is 4.90 Å². The largest absolute Gasteiger partial charge is 0.340 e. The van der Waals surface area contributed by atoms with Crippen molar-refractivity contribution < 1.29 is 13.2 Å². The van der Waals surface area contributed by atoms with Gasteiger partial charge in [0.15, 0.2) is 0 Å². The summed E-state index contributed by atoms with van der Waals surface area (Å²) in [6.45, 7) is 1.96. The van der Waals surface area contributed by atoms with E-state index in [1.165, 1.54) is 42.7 Å². The van der Waals surface area contributed by atoms with Gasteiger partial charge in [-0.2, -0.15) is 4.31 Å². The summed E-state index contributed by atoms with van der Waals surface area (Å²) in [5, 5.41) is 0. The van der Waals surface area contributed by atoms with Crippen molar-refractivity contribution in [1.29, 1.82) is 0 Å². The molecule has 0 atom stereocenters. The van der Waals surface area contributed by atoms with E-state index in [-0.39, 0.29) is 5.91 Å². The van der Waals surface area contributed by atoms with Gasteiger partial charge in [0.1, 0.15) is 0 Å². The summed E-state index contributed by atoms with van der Waals surface area (Å²) >= 11 is 0. The van der Waals surface area contributed by atoms with Crippen LogP contribution in [0.2, 0.25) is 0 Å². The van der Waals surface area contributed by atoms with Crippen LogP contribution in [0.4, 0.5) is 0 Å². The summed E-state index contributed by atoms with van der Waals surface area (Å²) in [7, 11) is -3.11. The van der Waals surface area contributed by atoms with Crippen molar-refractivity contribution in [3.63, 3.8) is 0 Å². The van der Waals surface area contributed by atoms with E-state index < -0.39 is 10.0 Å². The average Bonchev–Trinajstić information content (AvgIpc) is 2.39. The van der Waals surface area contributed by atoms with Crippen molar-refractivity contribution in [2.45, 2.75) is 38.5 Å². The smallest absolute Gasteiger partial charge is 0.222 e. The number of amides is 1. The van der Waals surface area contributed by atoms with Crippen LogP contribution >= 0.6 is 0 Å². The molecule has 0 aromatic rings. The molecule has 0 aromatic heterocycles. The Morgan fingerprint density at radius 3 is 2.16 bits per heavy atom. The molecular formula is C13H24N2O3S. The molecule has 0 unspecified atom stereocenters. The topological polar surface area (TPSA) is 57.7 Å². The Labute approximate surface area is 116 Å². The fraction of sp³-hybridized carbons (Fsp3) is 0.923. The Morgan fingerprint density at radius 2 is 1.63 bits per heavy atom.